The molecule has 2 heterocycles. The fourth-order valence-corrected chi connectivity index (χ4v) is 3.30. The number of halogens is 3. The standard InChI is InChI=1S/C20H17F3N4O/c1-12(28)26-6-7-27-18(11-26)25-19(13-2-4-14(21)5-3-13)20(27)24-17-9-15(22)8-16(23)10-17/h2-5,8-10,24H,6-7,11H2,1H3. The summed E-state index contributed by atoms with van der Waals surface area (Å²) in [5.74, 6) is -0.662. The Labute approximate surface area is 159 Å². The van der Waals surface area contributed by atoms with E-state index in [1.54, 1.807) is 17.0 Å². The zero-order chi connectivity index (χ0) is 19.8. The smallest absolute Gasteiger partial charge is 0.219 e. The van der Waals surface area contributed by atoms with Crippen molar-refractivity contribution in [3.05, 3.63) is 65.7 Å². The Morgan fingerprint density at radius 2 is 1.68 bits per heavy atom. The van der Waals surface area contributed by atoms with Gasteiger partial charge in [0.1, 0.15) is 34.8 Å². The molecule has 8 heteroatoms. The molecule has 1 amide bonds. The monoisotopic (exact) mass is 386 g/mol. The Hall–Kier alpha value is -3.29. The van der Waals surface area contributed by atoms with Crippen LogP contribution in [0, 0.1) is 17.5 Å². The first kappa shape index (κ1) is 18.1. The third kappa shape index (κ3) is 3.45. The predicted molar refractivity (Wildman–Crippen MR) is 98.4 cm³/mol. The maximum atomic E-state index is 13.6. The minimum atomic E-state index is -0.702. The van der Waals surface area contributed by atoms with E-state index in [9.17, 15) is 18.0 Å². The van der Waals surface area contributed by atoms with Gasteiger partial charge in [0, 0.05) is 37.3 Å². The number of carbonyl (C=O) groups excluding carboxylic acids is 1. The molecule has 0 unspecified atom stereocenters. The number of nitrogens with one attached hydrogen (secondary N) is 1. The van der Waals surface area contributed by atoms with Gasteiger partial charge < -0.3 is 14.8 Å². The summed E-state index contributed by atoms with van der Waals surface area (Å²) < 4.78 is 42.4. The molecule has 5 nitrogen and oxygen atoms in total. The molecule has 0 atom stereocenters. The van der Waals surface area contributed by atoms with Gasteiger partial charge in [-0.3, -0.25) is 4.79 Å². The van der Waals surface area contributed by atoms with Gasteiger partial charge in [-0.05, 0) is 36.4 Å². The van der Waals surface area contributed by atoms with Crippen LogP contribution in [0.4, 0.5) is 24.7 Å². The summed E-state index contributed by atoms with van der Waals surface area (Å²) in [5, 5.41) is 3.04. The lowest BCUT2D eigenvalue weighted by atomic mass is 10.1. The van der Waals surface area contributed by atoms with Crippen LogP contribution >= 0.6 is 0 Å². The van der Waals surface area contributed by atoms with Crippen LogP contribution < -0.4 is 5.32 Å². The highest BCUT2D eigenvalue weighted by Gasteiger charge is 2.25. The summed E-state index contributed by atoms with van der Waals surface area (Å²) in [6.45, 7) is 2.79. The van der Waals surface area contributed by atoms with Crippen LogP contribution in [0.5, 0.6) is 0 Å². The van der Waals surface area contributed by atoms with Gasteiger partial charge >= 0.3 is 0 Å². The van der Waals surface area contributed by atoms with Gasteiger partial charge in [-0.15, -0.1) is 0 Å². The molecule has 1 N–H and O–H groups in total. The SMILES string of the molecule is CC(=O)N1CCn2c(nc(-c3ccc(F)cc3)c2Nc2cc(F)cc(F)c2)C1. The van der Waals surface area contributed by atoms with Gasteiger partial charge in [-0.25, -0.2) is 18.2 Å². The highest BCUT2D eigenvalue weighted by atomic mass is 19.1. The summed E-state index contributed by atoms with van der Waals surface area (Å²) in [6.07, 6.45) is 0. The minimum absolute atomic E-state index is 0.0562. The number of hydrogen-bond acceptors (Lipinski definition) is 3. The molecule has 28 heavy (non-hydrogen) atoms. The van der Waals surface area contributed by atoms with Crippen molar-refractivity contribution in [2.75, 3.05) is 11.9 Å². The minimum Gasteiger partial charge on any atom is -0.340 e. The highest BCUT2D eigenvalue weighted by Crippen LogP contribution is 2.33. The van der Waals surface area contributed by atoms with Crippen LogP contribution in [-0.4, -0.2) is 26.9 Å². The van der Waals surface area contributed by atoms with E-state index in [2.05, 4.69) is 10.3 Å². The number of imidazole rings is 1. The van der Waals surface area contributed by atoms with E-state index in [1.165, 1.54) is 31.2 Å². The first-order valence-electron chi connectivity index (χ1n) is 8.74. The zero-order valence-electron chi connectivity index (χ0n) is 15.0. The van der Waals surface area contributed by atoms with Crippen molar-refractivity contribution in [2.45, 2.75) is 20.0 Å². The average Bonchev–Trinajstić information content (AvgIpc) is 2.99. The van der Waals surface area contributed by atoms with Gasteiger partial charge in [-0.1, -0.05) is 0 Å². The second-order valence-corrected chi connectivity index (χ2v) is 6.61. The second kappa shape index (κ2) is 7.03. The van der Waals surface area contributed by atoms with Crippen LogP contribution in [0.1, 0.15) is 12.7 Å². The Bertz CT molecular complexity index is 1030. The highest BCUT2D eigenvalue weighted by molar-refractivity contribution is 5.77. The van der Waals surface area contributed by atoms with Crippen molar-refractivity contribution in [2.24, 2.45) is 0 Å². The van der Waals surface area contributed by atoms with Crippen LogP contribution in [0.3, 0.4) is 0 Å². The average molecular weight is 386 g/mol. The Morgan fingerprint density at radius 3 is 2.32 bits per heavy atom. The Kier molecular flexibility index (Phi) is 4.54. The molecule has 144 valence electrons. The second-order valence-electron chi connectivity index (χ2n) is 6.61. The number of amides is 1. The summed E-state index contributed by atoms with van der Waals surface area (Å²) in [6, 6.07) is 8.98. The van der Waals surface area contributed by atoms with Gasteiger partial charge in [0.25, 0.3) is 0 Å². The number of aromatic nitrogens is 2. The van der Waals surface area contributed by atoms with Crippen LogP contribution in [0.25, 0.3) is 11.3 Å². The zero-order valence-corrected chi connectivity index (χ0v) is 15.0. The summed E-state index contributed by atoms with van der Waals surface area (Å²) in [4.78, 5) is 18.0. The van der Waals surface area contributed by atoms with Gasteiger partial charge in [0.2, 0.25) is 5.91 Å². The molecular weight excluding hydrogens is 369 g/mol. The van der Waals surface area contributed by atoms with Crippen molar-refractivity contribution in [1.29, 1.82) is 0 Å². The van der Waals surface area contributed by atoms with Gasteiger partial charge in [0.05, 0.1) is 6.54 Å². The molecule has 1 aromatic heterocycles. The molecule has 0 bridgehead atoms. The number of carbonyl (C=O) groups is 1. The molecule has 0 saturated heterocycles. The molecule has 0 spiro atoms. The molecule has 0 fully saturated rings. The van der Waals surface area contributed by atoms with Gasteiger partial charge in [0.15, 0.2) is 0 Å². The lowest BCUT2D eigenvalue weighted by Crippen LogP contribution is -2.37. The van der Waals surface area contributed by atoms with E-state index in [4.69, 9.17) is 0 Å². The third-order valence-corrected chi connectivity index (χ3v) is 4.66. The topological polar surface area (TPSA) is 50.2 Å². The number of nitrogens with zero attached hydrogens (tertiary/aromatic N) is 3. The Morgan fingerprint density at radius 1 is 1.00 bits per heavy atom. The molecule has 1 aliphatic rings. The lowest BCUT2D eigenvalue weighted by Gasteiger charge is -2.27. The van der Waals surface area contributed by atoms with E-state index in [-0.39, 0.29) is 17.4 Å². The molecular formula is C20H17F3N4O. The fraction of sp³-hybridized carbons (Fsp3) is 0.200. The molecule has 4 rings (SSSR count). The molecule has 1 aliphatic heterocycles. The molecule has 3 aromatic rings. The van der Waals surface area contributed by atoms with E-state index in [0.29, 0.717) is 42.5 Å². The lowest BCUT2D eigenvalue weighted by molar-refractivity contribution is -0.130. The quantitative estimate of drug-likeness (QED) is 0.738. The van der Waals surface area contributed by atoms with Crippen molar-refractivity contribution in [3.63, 3.8) is 0 Å². The van der Waals surface area contributed by atoms with Crippen molar-refractivity contribution >= 4 is 17.4 Å². The molecule has 0 saturated carbocycles. The maximum absolute atomic E-state index is 13.6. The van der Waals surface area contributed by atoms with E-state index in [0.717, 1.165) is 6.07 Å². The van der Waals surface area contributed by atoms with E-state index >= 15 is 0 Å². The van der Waals surface area contributed by atoms with Crippen molar-refractivity contribution < 1.29 is 18.0 Å². The van der Waals surface area contributed by atoms with Crippen molar-refractivity contribution in [1.82, 2.24) is 14.5 Å². The van der Waals surface area contributed by atoms with Crippen LogP contribution in [0.2, 0.25) is 0 Å². The van der Waals surface area contributed by atoms with Gasteiger partial charge in [-0.2, -0.15) is 0 Å². The summed E-state index contributed by atoms with van der Waals surface area (Å²) in [5.41, 5.74) is 1.40. The maximum Gasteiger partial charge on any atom is 0.219 e. The Balaban J connectivity index is 1.80. The number of fused-ring (bicyclic) bond motifs is 1. The number of rotatable bonds is 3. The fourth-order valence-electron chi connectivity index (χ4n) is 3.30. The number of benzene rings is 2. The predicted octanol–water partition coefficient (Wildman–Crippen LogP) is 4.07. The largest absolute Gasteiger partial charge is 0.340 e. The number of anilines is 2. The van der Waals surface area contributed by atoms with Crippen LogP contribution in [0.15, 0.2) is 42.5 Å². The first-order chi connectivity index (χ1) is 13.4. The summed E-state index contributed by atoms with van der Waals surface area (Å²) in [7, 11) is 0. The third-order valence-electron chi connectivity index (χ3n) is 4.66. The van der Waals surface area contributed by atoms with E-state index in [1.807, 2.05) is 4.57 Å². The van der Waals surface area contributed by atoms with Crippen LogP contribution in [-0.2, 0) is 17.9 Å². The summed E-state index contributed by atoms with van der Waals surface area (Å²) >= 11 is 0. The molecule has 2 aromatic carbocycles. The van der Waals surface area contributed by atoms with Crippen molar-refractivity contribution in [3.8, 4) is 11.3 Å². The number of hydrogen-bond donors (Lipinski definition) is 1. The van der Waals surface area contributed by atoms with E-state index < -0.39 is 11.6 Å². The molecule has 0 radical (unpaired) electrons. The first-order valence-corrected chi connectivity index (χ1v) is 8.74. The molecule has 0 aliphatic carbocycles. The normalized spacial score (nSPS) is 13.4.